The van der Waals surface area contributed by atoms with Gasteiger partial charge < -0.3 is 15.8 Å². The van der Waals surface area contributed by atoms with Gasteiger partial charge in [-0.15, -0.1) is 0 Å². The number of amides is 1. The summed E-state index contributed by atoms with van der Waals surface area (Å²) in [5.41, 5.74) is 5.22. The van der Waals surface area contributed by atoms with Crippen LogP contribution in [-0.4, -0.2) is 18.2 Å². The number of carbonyl (C=O) groups is 1. The molecule has 2 fully saturated rings. The summed E-state index contributed by atoms with van der Waals surface area (Å²) in [7, 11) is 0. The van der Waals surface area contributed by atoms with Crippen LogP contribution in [0.4, 0.5) is 4.79 Å². The Morgan fingerprint density at radius 2 is 1.76 bits per heavy atom. The van der Waals surface area contributed by atoms with E-state index in [0.717, 1.165) is 12.8 Å². The topological polar surface area (TPSA) is 64.4 Å². The minimum absolute atomic E-state index is 0.344. The summed E-state index contributed by atoms with van der Waals surface area (Å²) in [6.45, 7) is 0. The molecule has 4 nitrogen and oxygen atoms in total. The SMILES string of the molecule is NC1CC1.O=C(NC1CC1)Oc1ccccc1. The van der Waals surface area contributed by atoms with E-state index in [4.69, 9.17) is 10.5 Å². The average molecular weight is 234 g/mol. The van der Waals surface area contributed by atoms with Gasteiger partial charge in [0.15, 0.2) is 0 Å². The van der Waals surface area contributed by atoms with Gasteiger partial charge in [-0.3, -0.25) is 0 Å². The predicted molar refractivity (Wildman–Crippen MR) is 65.8 cm³/mol. The van der Waals surface area contributed by atoms with Crippen molar-refractivity contribution in [2.75, 3.05) is 0 Å². The molecule has 2 aliphatic carbocycles. The van der Waals surface area contributed by atoms with E-state index in [1.807, 2.05) is 18.2 Å². The number of ether oxygens (including phenoxy) is 1. The highest BCUT2D eigenvalue weighted by Crippen LogP contribution is 2.19. The normalized spacial score (nSPS) is 17.7. The number of nitrogens with one attached hydrogen (secondary N) is 1. The number of para-hydroxylation sites is 1. The first kappa shape index (κ1) is 11.9. The number of rotatable bonds is 2. The first-order valence-electron chi connectivity index (χ1n) is 6.03. The van der Waals surface area contributed by atoms with Crippen LogP contribution in [0.1, 0.15) is 25.7 Å². The van der Waals surface area contributed by atoms with E-state index in [2.05, 4.69) is 5.32 Å². The second-order valence-electron chi connectivity index (χ2n) is 4.46. The molecule has 0 saturated heterocycles. The van der Waals surface area contributed by atoms with Crippen LogP contribution >= 0.6 is 0 Å². The molecular weight excluding hydrogens is 216 g/mol. The molecule has 17 heavy (non-hydrogen) atoms. The van der Waals surface area contributed by atoms with E-state index in [0.29, 0.717) is 17.8 Å². The van der Waals surface area contributed by atoms with E-state index in [9.17, 15) is 4.79 Å². The summed E-state index contributed by atoms with van der Waals surface area (Å²) in [6, 6.07) is 9.99. The number of benzene rings is 1. The second-order valence-corrected chi connectivity index (χ2v) is 4.46. The molecule has 2 saturated carbocycles. The fraction of sp³-hybridized carbons (Fsp3) is 0.462. The molecule has 0 aliphatic heterocycles. The van der Waals surface area contributed by atoms with Crippen molar-refractivity contribution in [2.45, 2.75) is 37.8 Å². The maximum absolute atomic E-state index is 11.1. The highest BCUT2D eigenvalue weighted by molar-refractivity contribution is 5.70. The Morgan fingerprint density at radius 1 is 1.18 bits per heavy atom. The summed E-state index contributed by atoms with van der Waals surface area (Å²) in [5, 5.41) is 2.74. The van der Waals surface area contributed by atoms with Crippen molar-refractivity contribution in [3.63, 3.8) is 0 Å². The summed E-state index contributed by atoms with van der Waals surface area (Å²) in [5.74, 6) is 0.584. The lowest BCUT2D eigenvalue weighted by molar-refractivity contribution is 0.200. The summed E-state index contributed by atoms with van der Waals surface area (Å²) in [4.78, 5) is 11.1. The van der Waals surface area contributed by atoms with Crippen molar-refractivity contribution in [1.29, 1.82) is 0 Å². The van der Waals surface area contributed by atoms with E-state index >= 15 is 0 Å². The van der Waals surface area contributed by atoms with Gasteiger partial charge in [0.25, 0.3) is 0 Å². The Bertz CT molecular complexity index is 359. The summed E-state index contributed by atoms with van der Waals surface area (Å²) < 4.78 is 5.02. The smallest absolute Gasteiger partial charge is 0.410 e. The van der Waals surface area contributed by atoms with Gasteiger partial charge in [-0.05, 0) is 37.8 Å². The van der Waals surface area contributed by atoms with Crippen LogP contribution in [0, 0.1) is 0 Å². The highest BCUT2D eigenvalue weighted by atomic mass is 16.6. The maximum atomic E-state index is 11.1. The Hall–Kier alpha value is -1.55. The predicted octanol–water partition coefficient (Wildman–Crippen LogP) is 2.04. The van der Waals surface area contributed by atoms with Crippen LogP contribution in [0.25, 0.3) is 0 Å². The molecule has 0 aromatic heterocycles. The van der Waals surface area contributed by atoms with Crippen molar-refractivity contribution < 1.29 is 9.53 Å². The van der Waals surface area contributed by atoms with Gasteiger partial charge in [0.05, 0.1) is 0 Å². The molecule has 3 N–H and O–H groups in total. The standard InChI is InChI=1S/C10H11NO2.C3H7N/c12-10(11-8-6-7-8)13-9-4-2-1-3-5-9;4-3-1-2-3/h1-5,8H,6-7H2,(H,11,12);3H,1-2,4H2. The third kappa shape index (κ3) is 5.36. The monoisotopic (exact) mass is 234 g/mol. The first-order chi connectivity index (χ1) is 8.24. The van der Waals surface area contributed by atoms with E-state index in [-0.39, 0.29) is 6.09 Å². The minimum atomic E-state index is -0.353. The lowest BCUT2D eigenvalue weighted by Gasteiger charge is -2.04. The quantitative estimate of drug-likeness (QED) is 0.823. The molecule has 2 aliphatic rings. The van der Waals surface area contributed by atoms with E-state index in [1.54, 1.807) is 12.1 Å². The molecule has 0 bridgehead atoms. The van der Waals surface area contributed by atoms with Gasteiger partial charge in [0.1, 0.15) is 5.75 Å². The van der Waals surface area contributed by atoms with Crippen molar-refractivity contribution in [1.82, 2.24) is 5.32 Å². The molecule has 4 heteroatoms. The van der Waals surface area contributed by atoms with Crippen molar-refractivity contribution in [2.24, 2.45) is 5.73 Å². The first-order valence-corrected chi connectivity index (χ1v) is 6.03. The zero-order valence-electron chi connectivity index (χ0n) is 9.76. The molecule has 0 atom stereocenters. The third-order valence-corrected chi connectivity index (χ3v) is 2.48. The number of nitrogens with two attached hydrogens (primary N) is 1. The number of carbonyl (C=O) groups excluding carboxylic acids is 1. The highest BCUT2D eigenvalue weighted by Gasteiger charge is 2.23. The van der Waals surface area contributed by atoms with Gasteiger partial charge >= 0.3 is 6.09 Å². The van der Waals surface area contributed by atoms with Crippen molar-refractivity contribution in [3.05, 3.63) is 30.3 Å². The molecule has 0 radical (unpaired) electrons. The van der Waals surface area contributed by atoms with Gasteiger partial charge in [-0.25, -0.2) is 4.79 Å². The lowest BCUT2D eigenvalue weighted by Crippen LogP contribution is -2.28. The third-order valence-electron chi connectivity index (χ3n) is 2.48. The van der Waals surface area contributed by atoms with E-state index in [1.165, 1.54) is 12.8 Å². The van der Waals surface area contributed by atoms with Crippen molar-refractivity contribution >= 4 is 6.09 Å². The Balaban J connectivity index is 0.000000228. The van der Waals surface area contributed by atoms with Crippen LogP contribution in [0.3, 0.4) is 0 Å². The summed E-state index contributed by atoms with van der Waals surface area (Å²) in [6.07, 6.45) is 4.32. The van der Waals surface area contributed by atoms with Crippen LogP contribution in [0.2, 0.25) is 0 Å². The van der Waals surface area contributed by atoms with Crippen LogP contribution in [0.15, 0.2) is 30.3 Å². The molecule has 3 rings (SSSR count). The zero-order chi connectivity index (χ0) is 12.1. The van der Waals surface area contributed by atoms with Crippen LogP contribution in [-0.2, 0) is 0 Å². The number of hydrogen-bond acceptors (Lipinski definition) is 3. The lowest BCUT2D eigenvalue weighted by atomic mass is 10.3. The van der Waals surface area contributed by atoms with Crippen molar-refractivity contribution in [3.8, 4) is 5.75 Å². The number of hydrogen-bond donors (Lipinski definition) is 2. The fourth-order valence-corrected chi connectivity index (χ4v) is 1.12. The molecule has 1 aromatic carbocycles. The fourth-order valence-electron chi connectivity index (χ4n) is 1.12. The van der Waals surface area contributed by atoms with Gasteiger partial charge in [0.2, 0.25) is 0 Å². The van der Waals surface area contributed by atoms with E-state index < -0.39 is 0 Å². The maximum Gasteiger partial charge on any atom is 0.412 e. The average Bonchev–Trinajstić information content (AvgIpc) is 3.20. The molecule has 0 unspecified atom stereocenters. The van der Waals surface area contributed by atoms with Gasteiger partial charge in [-0.1, -0.05) is 18.2 Å². The van der Waals surface area contributed by atoms with Gasteiger partial charge in [0, 0.05) is 12.1 Å². The molecule has 0 heterocycles. The summed E-state index contributed by atoms with van der Waals surface area (Å²) >= 11 is 0. The van der Waals surface area contributed by atoms with Crippen LogP contribution < -0.4 is 15.8 Å². The minimum Gasteiger partial charge on any atom is -0.410 e. The Kier molecular flexibility index (Phi) is 3.98. The second kappa shape index (κ2) is 5.68. The molecule has 1 aromatic rings. The van der Waals surface area contributed by atoms with Crippen LogP contribution in [0.5, 0.6) is 5.75 Å². The zero-order valence-corrected chi connectivity index (χ0v) is 9.76. The molecular formula is C13H18N2O2. The molecule has 0 spiro atoms. The Labute approximate surface area is 101 Å². The molecule has 1 amide bonds. The largest absolute Gasteiger partial charge is 0.412 e. The molecule has 92 valence electrons. The Morgan fingerprint density at radius 3 is 2.24 bits per heavy atom. The van der Waals surface area contributed by atoms with Gasteiger partial charge in [-0.2, -0.15) is 0 Å².